The first-order chi connectivity index (χ1) is 9.77. The fraction of sp³-hybridized carbons (Fsp3) is 0.0667. The maximum Gasteiger partial charge on any atom is 0.199 e. The van der Waals surface area contributed by atoms with Gasteiger partial charge in [-0.1, -0.05) is 48.5 Å². The predicted octanol–water partition coefficient (Wildman–Crippen LogP) is 3.01. The van der Waals surface area contributed by atoms with Crippen LogP contribution in [0.1, 0.15) is 17.5 Å². The average molecular weight is 283 g/mol. The molecule has 0 bridgehead atoms. The Kier molecular flexibility index (Phi) is 3.45. The van der Waals surface area contributed by atoms with E-state index >= 15 is 0 Å². The molecule has 0 amide bonds. The van der Waals surface area contributed by atoms with Crippen molar-refractivity contribution >= 4 is 12.2 Å². The zero-order chi connectivity index (χ0) is 13.9. The lowest BCUT2D eigenvalue weighted by Crippen LogP contribution is -2.08. The molecule has 2 aromatic carbocycles. The quantitative estimate of drug-likeness (QED) is 0.726. The van der Waals surface area contributed by atoms with Crippen molar-refractivity contribution in [2.75, 3.05) is 0 Å². The van der Waals surface area contributed by atoms with Gasteiger partial charge in [0.25, 0.3) is 0 Å². The van der Waals surface area contributed by atoms with Crippen LogP contribution in [0, 0.1) is 4.77 Å². The van der Waals surface area contributed by atoms with Gasteiger partial charge in [0.15, 0.2) is 10.6 Å². The number of aromatic amines is 1. The lowest BCUT2D eigenvalue weighted by molar-refractivity contribution is 0.207. The maximum atomic E-state index is 10.5. The first-order valence-electron chi connectivity index (χ1n) is 6.23. The second-order valence-electron chi connectivity index (χ2n) is 4.37. The summed E-state index contributed by atoms with van der Waals surface area (Å²) in [7, 11) is 0. The van der Waals surface area contributed by atoms with E-state index in [1.165, 1.54) is 0 Å². The molecule has 0 aliphatic rings. The van der Waals surface area contributed by atoms with Gasteiger partial charge in [0, 0.05) is 5.69 Å². The average Bonchev–Trinajstić information content (AvgIpc) is 2.90. The molecule has 1 unspecified atom stereocenters. The molecule has 100 valence electrons. The molecule has 0 spiro atoms. The largest absolute Gasteiger partial charge is 0.380 e. The third-order valence-electron chi connectivity index (χ3n) is 3.07. The fourth-order valence-corrected chi connectivity index (χ4v) is 2.35. The van der Waals surface area contributed by atoms with Crippen molar-refractivity contribution < 1.29 is 5.11 Å². The van der Waals surface area contributed by atoms with E-state index in [-0.39, 0.29) is 0 Å². The van der Waals surface area contributed by atoms with E-state index in [0.717, 1.165) is 11.3 Å². The lowest BCUT2D eigenvalue weighted by Gasteiger charge is -2.12. The third kappa shape index (κ3) is 2.29. The van der Waals surface area contributed by atoms with Crippen molar-refractivity contribution in [1.82, 2.24) is 14.8 Å². The van der Waals surface area contributed by atoms with Crippen molar-refractivity contribution in [1.29, 1.82) is 0 Å². The summed E-state index contributed by atoms with van der Waals surface area (Å²) >= 11 is 5.26. The number of hydrogen-bond acceptors (Lipinski definition) is 3. The summed E-state index contributed by atoms with van der Waals surface area (Å²) in [5, 5.41) is 17.4. The number of aliphatic hydroxyl groups is 1. The Bertz CT molecular complexity index is 750. The van der Waals surface area contributed by atoms with E-state index in [9.17, 15) is 5.11 Å². The van der Waals surface area contributed by atoms with Crippen LogP contribution < -0.4 is 0 Å². The summed E-state index contributed by atoms with van der Waals surface area (Å²) in [5.74, 6) is 0.479. The smallest absolute Gasteiger partial charge is 0.199 e. The van der Waals surface area contributed by atoms with Gasteiger partial charge < -0.3 is 5.11 Å². The Hall–Kier alpha value is -2.24. The Labute approximate surface area is 121 Å². The number of aromatic nitrogens is 3. The predicted molar refractivity (Wildman–Crippen MR) is 79.3 cm³/mol. The van der Waals surface area contributed by atoms with Gasteiger partial charge in [-0.3, -0.25) is 9.67 Å². The van der Waals surface area contributed by atoms with Gasteiger partial charge in [0.05, 0.1) is 0 Å². The van der Waals surface area contributed by atoms with Crippen LogP contribution >= 0.6 is 12.2 Å². The highest BCUT2D eigenvalue weighted by Gasteiger charge is 2.18. The highest BCUT2D eigenvalue weighted by atomic mass is 32.1. The van der Waals surface area contributed by atoms with Gasteiger partial charge in [-0.15, -0.1) is 0 Å². The van der Waals surface area contributed by atoms with Crippen LogP contribution in [-0.2, 0) is 0 Å². The zero-order valence-corrected chi connectivity index (χ0v) is 11.4. The van der Waals surface area contributed by atoms with E-state index in [2.05, 4.69) is 10.2 Å². The Morgan fingerprint density at radius 2 is 1.60 bits per heavy atom. The van der Waals surface area contributed by atoms with E-state index in [1.54, 1.807) is 4.57 Å². The number of para-hydroxylation sites is 1. The molecule has 0 aliphatic carbocycles. The maximum absolute atomic E-state index is 10.5. The molecule has 5 heteroatoms. The number of aliphatic hydroxyl groups excluding tert-OH is 1. The van der Waals surface area contributed by atoms with Crippen LogP contribution in [0.2, 0.25) is 0 Å². The van der Waals surface area contributed by atoms with Gasteiger partial charge in [0.1, 0.15) is 6.10 Å². The molecule has 0 radical (unpaired) electrons. The summed E-state index contributed by atoms with van der Waals surface area (Å²) in [4.78, 5) is 0. The molecule has 1 aromatic heterocycles. The molecule has 0 aliphatic heterocycles. The molecule has 0 saturated carbocycles. The second kappa shape index (κ2) is 5.40. The van der Waals surface area contributed by atoms with Crippen molar-refractivity contribution in [2.24, 2.45) is 0 Å². The molecule has 2 N–H and O–H groups in total. The lowest BCUT2D eigenvalue weighted by atomic mass is 10.1. The number of hydrogen-bond donors (Lipinski definition) is 2. The molecule has 0 fully saturated rings. The second-order valence-corrected chi connectivity index (χ2v) is 4.76. The first-order valence-corrected chi connectivity index (χ1v) is 6.64. The summed E-state index contributed by atoms with van der Waals surface area (Å²) < 4.78 is 2.20. The molecule has 0 saturated heterocycles. The number of H-pyrrole nitrogens is 1. The standard InChI is InChI=1S/C15H13N3OS/c19-13(11-7-3-1-4-8-11)14-16-17-15(20)18(14)12-9-5-2-6-10-12/h1-10,13,19H,(H,17,20). The van der Waals surface area contributed by atoms with E-state index in [0.29, 0.717) is 10.6 Å². The van der Waals surface area contributed by atoms with Crippen molar-refractivity contribution in [3.05, 3.63) is 76.8 Å². The minimum Gasteiger partial charge on any atom is -0.380 e. The molecule has 4 nitrogen and oxygen atoms in total. The van der Waals surface area contributed by atoms with Crippen LogP contribution in [0.4, 0.5) is 0 Å². The summed E-state index contributed by atoms with van der Waals surface area (Å²) in [6.07, 6.45) is -0.829. The molecular formula is C15H13N3OS. The molecule has 3 rings (SSSR count). The van der Waals surface area contributed by atoms with Crippen LogP contribution in [0.25, 0.3) is 5.69 Å². The Morgan fingerprint density at radius 1 is 1.00 bits per heavy atom. The number of rotatable bonds is 3. The van der Waals surface area contributed by atoms with Crippen molar-refractivity contribution in [3.8, 4) is 5.69 Å². The van der Waals surface area contributed by atoms with E-state index in [4.69, 9.17) is 12.2 Å². The number of nitrogens with one attached hydrogen (secondary N) is 1. The van der Waals surface area contributed by atoms with E-state index in [1.807, 2.05) is 60.7 Å². The monoisotopic (exact) mass is 283 g/mol. The molecule has 20 heavy (non-hydrogen) atoms. The first kappa shape index (κ1) is 12.8. The topological polar surface area (TPSA) is 53.8 Å². The van der Waals surface area contributed by atoms with Gasteiger partial charge in [-0.05, 0) is 29.9 Å². The summed E-state index contributed by atoms with van der Waals surface area (Å²) in [6, 6.07) is 19.0. The van der Waals surface area contributed by atoms with Crippen LogP contribution in [0.5, 0.6) is 0 Å². The SMILES string of the molecule is OC(c1ccccc1)c1n[nH]c(=S)n1-c1ccccc1. The van der Waals surface area contributed by atoms with Crippen LogP contribution in [-0.4, -0.2) is 19.9 Å². The van der Waals surface area contributed by atoms with Crippen molar-refractivity contribution in [3.63, 3.8) is 0 Å². The highest BCUT2D eigenvalue weighted by Crippen LogP contribution is 2.22. The minimum absolute atomic E-state index is 0.459. The molecule has 3 aromatic rings. The minimum atomic E-state index is -0.829. The molecular weight excluding hydrogens is 270 g/mol. The van der Waals surface area contributed by atoms with Crippen molar-refractivity contribution in [2.45, 2.75) is 6.10 Å². The van der Waals surface area contributed by atoms with Gasteiger partial charge in [0.2, 0.25) is 0 Å². The van der Waals surface area contributed by atoms with Gasteiger partial charge >= 0.3 is 0 Å². The molecule has 1 heterocycles. The zero-order valence-electron chi connectivity index (χ0n) is 10.6. The summed E-state index contributed by atoms with van der Waals surface area (Å²) in [6.45, 7) is 0. The fourth-order valence-electron chi connectivity index (χ4n) is 2.10. The normalized spacial score (nSPS) is 12.2. The number of benzene rings is 2. The Balaban J connectivity index is 2.10. The van der Waals surface area contributed by atoms with Crippen LogP contribution in [0.3, 0.4) is 0 Å². The highest BCUT2D eigenvalue weighted by molar-refractivity contribution is 7.71. The summed E-state index contributed by atoms with van der Waals surface area (Å²) in [5.41, 5.74) is 1.65. The number of nitrogens with zero attached hydrogens (tertiary/aromatic N) is 2. The third-order valence-corrected chi connectivity index (χ3v) is 3.35. The van der Waals surface area contributed by atoms with Gasteiger partial charge in [-0.2, -0.15) is 5.10 Å². The van der Waals surface area contributed by atoms with E-state index < -0.39 is 6.10 Å². The molecule has 1 atom stereocenters. The Morgan fingerprint density at radius 3 is 2.25 bits per heavy atom. The van der Waals surface area contributed by atoms with Gasteiger partial charge in [-0.25, -0.2) is 0 Å². The van der Waals surface area contributed by atoms with Crippen LogP contribution in [0.15, 0.2) is 60.7 Å².